The molecule has 0 aliphatic heterocycles. The molecule has 0 fully saturated rings. The van der Waals surface area contributed by atoms with E-state index in [4.69, 9.17) is 4.42 Å². The lowest BCUT2D eigenvalue weighted by Gasteiger charge is -2.27. The third-order valence-electron chi connectivity index (χ3n) is 3.97. The molecule has 2 atom stereocenters. The van der Waals surface area contributed by atoms with E-state index in [0.717, 1.165) is 18.5 Å². The van der Waals surface area contributed by atoms with Crippen molar-refractivity contribution < 1.29 is 9.52 Å². The third kappa shape index (κ3) is 3.93. The molecule has 0 bridgehead atoms. The number of benzene rings is 1. The molecule has 1 N–H and O–H groups in total. The lowest BCUT2D eigenvalue weighted by atomic mass is 10.1. The number of aliphatic hydroxyl groups is 1. The standard InChI is InChI=1S/C17H25N3O2/c1-5-16-18-19-17(22-16)13(4)20(6-2)11-15(21)14-9-7-12(3)8-10-14/h7-10,13,15,21H,5-6,11H2,1-4H3. The number of aryl methyl sites for hydroxylation is 2. The van der Waals surface area contributed by atoms with E-state index < -0.39 is 6.10 Å². The van der Waals surface area contributed by atoms with E-state index in [1.807, 2.05) is 45.0 Å². The van der Waals surface area contributed by atoms with Gasteiger partial charge in [0.1, 0.15) is 0 Å². The molecule has 2 unspecified atom stereocenters. The van der Waals surface area contributed by atoms with Crippen molar-refractivity contribution in [2.75, 3.05) is 13.1 Å². The van der Waals surface area contributed by atoms with Crippen molar-refractivity contribution in [1.82, 2.24) is 15.1 Å². The van der Waals surface area contributed by atoms with Crippen LogP contribution in [0.4, 0.5) is 0 Å². The first-order valence-corrected chi connectivity index (χ1v) is 7.86. The maximum Gasteiger partial charge on any atom is 0.233 e. The molecule has 2 aromatic rings. The zero-order valence-corrected chi connectivity index (χ0v) is 13.8. The predicted molar refractivity (Wildman–Crippen MR) is 85.5 cm³/mol. The third-order valence-corrected chi connectivity index (χ3v) is 3.97. The molecule has 0 amide bonds. The summed E-state index contributed by atoms with van der Waals surface area (Å²) in [6, 6.07) is 7.96. The zero-order valence-electron chi connectivity index (χ0n) is 13.8. The van der Waals surface area contributed by atoms with Crippen LogP contribution >= 0.6 is 0 Å². The van der Waals surface area contributed by atoms with Crippen LogP contribution in [0.25, 0.3) is 0 Å². The van der Waals surface area contributed by atoms with E-state index in [-0.39, 0.29) is 6.04 Å². The Morgan fingerprint density at radius 3 is 2.41 bits per heavy atom. The van der Waals surface area contributed by atoms with E-state index in [0.29, 0.717) is 18.3 Å². The van der Waals surface area contributed by atoms with Gasteiger partial charge in [-0.15, -0.1) is 10.2 Å². The highest BCUT2D eigenvalue weighted by molar-refractivity contribution is 5.23. The van der Waals surface area contributed by atoms with Crippen molar-refractivity contribution in [3.8, 4) is 0 Å². The van der Waals surface area contributed by atoms with Crippen molar-refractivity contribution in [2.24, 2.45) is 0 Å². The summed E-state index contributed by atoms with van der Waals surface area (Å²) in [5.41, 5.74) is 2.12. The molecule has 22 heavy (non-hydrogen) atoms. The first kappa shape index (κ1) is 16.6. The van der Waals surface area contributed by atoms with Crippen molar-refractivity contribution in [2.45, 2.75) is 46.3 Å². The van der Waals surface area contributed by atoms with Crippen molar-refractivity contribution in [1.29, 1.82) is 0 Å². The highest BCUT2D eigenvalue weighted by Gasteiger charge is 2.22. The second-order valence-electron chi connectivity index (χ2n) is 5.58. The summed E-state index contributed by atoms with van der Waals surface area (Å²) in [7, 11) is 0. The fraction of sp³-hybridized carbons (Fsp3) is 0.529. The molecule has 0 saturated heterocycles. The van der Waals surface area contributed by atoms with Gasteiger partial charge in [0.05, 0.1) is 12.1 Å². The Bertz CT molecular complexity index is 580. The van der Waals surface area contributed by atoms with Gasteiger partial charge >= 0.3 is 0 Å². The first-order chi connectivity index (χ1) is 10.5. The molecule has 2 rings (SSSR count). The summed E-state index contributed by atoms with van der Waals surface area (Å²) in [5.74, 6) is 1.26. The molecule has 1 heterocycles. The number of hydrogen-bond acceptors (Lipinski definition) is 5. The zero-order chi connectivity index (χ0) is 16.1. The molecule has 0 aliphatic carbocycles. The van der Waals surface area contributed by atoms with Gasteiger partial charge in [-0.3, -0.25) is 4.90 Å². The quantitative estimate of drug-likeness (QED) is 0.851. The number of aromatic nitrogens is 2. The maximum atomic E-state index is 10.5. The van der Waals surface area contributed by atoms with Crippen LogP contribution in [0.15, 0.2) is 28.7 Å². The molecule has 1 aromatic heterocycles. The van der Waals surface area contributed by atoms with Crippen LogP contribution in [0, 0.1) is 6.92 Å². The Kier molecular flexibility index (Phi) is 5.69. The van der Waals surface area contributed by atoms with Gasteiger partial charge in [-0.05, 0) is 26.0 Å². The van der Waals surface area contributed by atoms with E-state index in [1.54, 1.807) is 0 Å². The fourth-order valence-electron chi connectivity index (χ4n) is 2.41. The minimum atomic E-state index is -0.531. The number of likely N-dealkylation sites (N-methyl/N-ethyl adjacent to an activating group) is 1. The van der Waals surface area contributed by atoms with Crippen molar-refractivity contribution in [3.05, 3.63) is 47.2 Å². The largest absolute Gasteiger partial charge is 0.424 e. The van der Waals surface area contributed by atoms with Crippen LogP contribution in [0.2, 0.25) is 0 Å². The highest BCUT2D eigenvalue weighted by Crippen LogP contribution is 2.23. The Labute approximate surface area is 132 Å². The number of nitrogens with zero attached hydrogens (tertiary/aromatic N) is 3. The molecule has 5 heteroatoms. The van der Waals surface area contributed by atoms with Crippen LogP contribution in [0.5, 0.6) is 0 Å². The molecule has 0 spiro atoms. The summed E-state index contributed by atoms with van der Waals surface area (Å²) < 4.78 is 5.63. The molecule has 0 saturated carbocycles. The summed E-state index contributed by atoms with van der Waals surface area (Å²) in [6.07, 6.45) is 0.203. The minimum Gasteiger partial charge on any atom is -0.424 e. The Balaban J connectivity index is 2.05. The summed E-state index contributed by atoms with van der Waals surface area (Å²) >= 11 is 0. The van der Waals surface area contributed by atoms with E-state index >= 15 is 0 Å². The van der Waals surface area contributed by atoms with E-state index in [9.17, 15) is 5.11 Å². The smallest absolute Gasteiger partial charge is 0.233 e. The number of hydrogen-bond donors (Lipinski definition) is 1. The average molecular weight is 303 g/mol. The second-order valence-corrected chi connectivity index (χ2v) is 5.58. The number of rotatable bonds is 7. The van der Waals surface area contributed by atoms with Crippen LogP contribution in [0.1, 0.15) is 55.8 Å². The van der Waals surface area contributed by atoms with Crippen LogP contribution in [-0.2, 0) is 6.42 Å². The van der Waals surface area contributed by atoms with Gasteiger partial charge in [0.2, 0.25) is 11.8 Å². The van der Waals surface area contributed by atoms with Crippen molar-refractivity contribution >= 4 is 0 Å². The lowest BCUT2D eigenvalue weighted by molar-refractivity contribution is 0.0861. The lowest BCUT2D eigenvalue weighted by Crippen LogP contribution is -2.31. The molecule has 0 radical (unpaired) electrons. The van der Waals surface area contributed by atoms with Crippen LogP contribution in [0.3, 0.4) is 0 Å². The fourth-order valence-corrected chi connectivity index (χ4v) is 2.41. The van der Waals surface area contributed by atoms with Gasteiger partial charge in [0.25, 0.3) is 0 Å². The summed E-state index contributed by atoms with van der Waals surface area (Å²) in [4.78, 5) is 2.14. The van der Waals surface area contributed by atoms with Crippen molar-refractivity contribution in [3.63, 3.8) is 0 Å². The normalized spacial score (nSPS) is 14.3. The van der Waals surface area contributed by atoms with Gasteiger partial charge in [0, 0.05) is 13.0 Å². The highest BCUT2D eigenvalue weighted by atomic mass is 16.4. The van der Waals surface area contributed by atoms with Gasteiger partial charge in [-0.2, -0.15) is 0 Å². The average Bonchev–Trinajstić information content (AvgIpc) is 3.01. The van der Waals surface area contributed by atoms with Crippen LogP contribution < -0.4 is 0 Å². The second kappa shape index (κ2) is 7.51. The first-order valence-electron chi connectivity index (χ1n) is 7.86. The molecule has 1 aromatic carbocycles. The Morgan fingerprint density at radius 1 is 1.18 bits per heavy atom. The van der Waals surface area contributed by atoms with Gasteiger partial charge in [-0.1, -0.05) is 43.7 Å². The predicted octanol–water partition coefficient (Wildman–Crippen LogP) is 3.06. The molecular weight excluding hydrogens is 278 g/mol. The molecule has 0 aliphatic rings. The Hall–Kier alpha value is -1.72. The topological polar surface area (TPSA) is 62.4 Å². The van der Waals surface area contributed by atoms with Gasteiger partial charge in [-0.25, -0.2) is 0 Å². The summed E-state index contributed by atoms with van der Waals surface area (Å²) in [6.45, 7) is 9.45. The maximum absolute atomic E-state index is 10.5. The van der Waals surface area contributed by atoms with Crippen LogP contribution in [-0.4, -0.2) is 33.3 Å². The van der Waals surface area contributed by atoms with Gasteiger partial charge < -0.3 is 9.52 Å². The monoisotopic (exact) mass is 303 g/mol. The molecule has 5 nitrogen and oxygen atoms in total. The molecular formula is C17H25N3O2. The minimum absolute atomic E-state index is 0.0158. The van der Waals surface area contributed by atoms with E-state index in [2.05, 4.69) is 22.0 Å². The Morgan fingerprint density at radius 2 is 1.86 bits per heavy atom. The molecule has 120 valence electrons. The number of aliphatic hydroxyl groups excluding tert-OH is 1. The van der Waals surface area contributed by atoms with E-state index in [1.165, 1.54) is 5.56 Å². The van der Waals surface area contributed by atoms with Gasteiger partial charge in [0.15, 0.2) is 0 Å². The SMILES string of the molecule is CCc1nnc(C(C)N(CC)CC(O)c2ccc(C)cc2)o1. The summed E-state index contributed by atoms with van der Waals surface area (Å²) in [5, 5.41) is 18.6.